The molecule has 114 valence electrons. The van der Waals surface area contributed by atoms with Gasteiger partial charge >= 0.3 is 0 Å². The first kappa shape index (κ1) is 13.2. The molecule has 2 N–H and O–H groups in total. The number of nitrogens with two attached hydrogens (primary N) is 1. The Kier molecular flexibility index (Phi) is 2.85. The molecule has 0 bridgehead atoms. The van der Waals surface area contributed by atoms with E-state index in [1.165, 1.54) is 12.1 Å². The van der Waals surface area contributed by atoms with E-state index < -0.39 is 0 Å². The van der Waals surface area contributed by atoms with Gasteiger partial charge < -0.3 is 15.0 Å². The van der Waals surface area contributed by atoms with Crippen molar-refractivity contribution in [3.63, 3.8) is 0 Å². The zero-order chi connectivity index (χ0) is 15.3. The average molecular weight is 298 g/mol. The Hall–Kier alpha value is -2.50. The van der Waals surface area contributed by atoms with E-state index in [0.717, 1.165) is 16.9 Å². The molecule has 0 spiro atoms. The Morgan fingerprint density at radius 3 is 3.00 bits per heavy atom. The van der Waals surface area contributed by atoms with Crippen LogP contribution in [0.25, 0.3) is 11.0 Å². The van der Waals surface area contributed by atoms with E-state index in [4.69, 9.17) is 15.0 Å². The molecule has 1 aliphatic rings. The second-order valence-electron chi connectivity index (χ2n) is 5.97. The summed E-state index contributed by atoms with van der Waals surface area (Å²) >= 11 is 0. The quantitative estimate of drug-likeness (QED) is 0.801. The summed E-state index contributed by atoms with van der Waals surface area (Å²) in [5.41, 5.74) is 8.81. The average Bonchev–Trinajstić information content (AvgIpc) is 2.90. The molecule has 1 saturated carbocycles. The Morgan fingerprint density at radius 2 is 2.27 bits per heavy atom. The van der Waals surface area contributed by atoms with Crippen LogP contribution in [-0.2, 0) is 6.54 Å². The van der Waals surface area contributed by atoms with Crippen molar-refractivity contribution in [2.24, 2.45) is 5.92 Å². The van der Waals surface area contributed by atoms with Crippen molar-refractivity contribution >= 4 is 16.8 Å². The van der Waals surface area contributed by atoms with Gasteiger partial charge in [-0.3, -0.25) is 4.68 Å². The number of fused-ring (bicyclic) bond motifs is 1. The molecular formula is C16H18N4O2. The molecule has 2 heterocycles. The number of nitrogen functional groups attached to an aromatic ring is 1. The molecule has 3 aromatic rings. The largest absolute Gasteiger partial charge is 0.496 e. The van der Waals surface area contributed by atoms with Crippen LogP contribution in [-0.4, -0.2) is 22.0 Å². The van der Waals surface area contributed by atoms with Gasteiger partial charge in [0, 0.05) is 17.8 Å². The van der Waals surface area contributed by atoms with Crippen LogP contribution < -0.4 is 10.5 Å². The second-order valence-corrected chi connectivity index (χ2v) is 5.97. The highest BCUT2D eigenvalue weighted by Gasteiger charge is 2.36. The third-order valence-electron chi connectivity index (χ3n) is 4.42. The molecule has 6 heteroatoms. The first-order valence-electron chi connectivity index (χ1n) is 7.41. The van der Waals surface area contributed by atoms with E-state index >= 15 is 0 Å². The van der Waals surface area contributed by atoms with Gasteiger partial charge in [-0.25, -0.2) is 0 Å². The van der Waals surface area contributed by atoms with E-state index in [2.05, 4.69) is 27.9 Å². The number of benzene rings is 1. The van der Waals surface area contributed by atoms with Crippen LogP contribution in [0.2, 0.25) is 0 Å². The van der Waals surface area contributed by atoms with Gasteiger partial charge in [-0.2, -0.15) is 5.10 Å². The van der Waals surface area contributed by atoms with Gasteiger partial charge in [0.1, 0.15) is 11.1 Å². The Labute approximate surface area is 127 Å². The number of anilines is 1. The minimum absolute atomic E-state index is 0.352. The molecule has 1 aliphatic carbocycles. The first-order valence-corrected chi connectivity index (χ1v) is 7.41. The van der Waals surface area contributed by atoms with Crippen LogP contribution in [0.15, 0.2) is 28.9 Å². The summed E-state index contributed by atoms with van der Waals surface area (Å²) in [5.74, 6) is 2.42. The number of ether oxygens (including phenoxy) is 1. The van der Waals surface area contributed by atoms with Crippen molar-refractivity contribution in [2.45, 2.75) is 25.8 Å². The van der Waals surface area contributed by atoms with E-state index in [9.17, 15) is 0 Å². The van der Waals surface area contributed by atoms with Crippen LogP contribution in [0.1, 0.15) is 30.5 Å². The maximum absolute atomic E-state index is 5.82. The highest BCUT2D eigenvalue weighted by Crippen LogP contribution is 2.46. The van der Waals surface area contributed by atoms with Gasteiger partial charge in [-0.15, -0.1) is 0 Å². The summed E-state index contributed by atoms with van der Waals surface area (Å²) in [6, 6.07) is 6.02. The van der Waals surface area contributed by atoms with Crippen molar-refractivity contribution in [1.29, 1.82) is 0 Å². The van der Waals surface area contributed by atoms with Crippen LogP contribution >= 0.6 is 0 Å². The number of hydrogen-bond acceptors (Lipinski definition) is 5. The minimum atomic E-state index is 0.352. The minimum Gasteiger partial charge on any atom is -0.496 e. The highest BCUT2D eigenvalue weighted by atomic mass is 16.5. The van der Waals surface area contributed by atoms with Crippen LogP contribution in [0.4, 0.5) is 5.82 Å². The van der Waals surface area contributed by atoms with Crippen molar-refractivity contribution in [1.82, 2.24) is 14.9 Å². The van der Waals surface area contributed by atoms with Gasteiger partial charge in [0.05, 0.1) is 13.7 Å². The monoisotopic (exact) mass is 298 g/mol. The highest BCUT2D eigenvalue weighted by molar-refractivity contribution is 5.93. The van der Waals surface area contributed by atoms with Crippen molar-refractivity contribution in [3.8, 4) is 5.75 Å². The Bertz CT molecular complexity index is 836. The molecule has 1 unspecified atom stereocenters. The third-order valence-corrected chi connectivity index (χ3v) is 4.42. The third kappa shape index (κ3) is 2.03. The number of aromatic nitrogens is 3. The molecule has 1 fully saturated rings. The fourth-order valence-electron chi connectivity index (χ4n) is 3.06. The van der Waals surface area contributed by atoms with Crippen molar-refractivity contribution in [2.75, 3.05) is 12.8 Å². The predicted octanol–water partition coefficient (Wildman–Crippen LogP) is 2.79. The summed E-state index contributed by atoms with van der Waals surface area (Å²) in [6.07, 6.45) is 3.11. The Balaban J connectivity index is 1.71. The van der Waals surface area contributed by atoms with Gasteiger partial charge in [0.2, 0.25) is 0 Å². The first-order chi connectivity index (χ1) is 10.7. The molecular weight excluding hydrogens is 280 g/mol. The molecule has 0 amide bonds. The lowest BCUT2D eigenvalue weighted by Crippen LogP contribution is -2.06. The summed E-state index contributed by atoms with van der Waals surface area (Å²) < 4.78 is 12.7. The smallest absolute Gasteiger partial charge is 0.178 e. The van der Waals surface area contributed by atoms with E-state index in [1.54, 1.807) is 7.11 Å². The summed E-state index contributed by atoms with van der Waals surface area (Å²) in [4.78, 5) is 0. The molecule has 0 aliphatic heterocycles. The lowest BCUT2D eigenvalue weighted by Gasteiger charge is -2.09. The Morgan fingerprint density at radius 1 is 1.45 bits per heavy atom. The van der Waals surface area contributed by atoms with Gasteiger partial charge in [0.25, 0.3) is 0 Å². The number of rotatable bonds is 4. The molecule has 22 heavy (non-hydrogen) atoms. The van der Waals surface area contributed by atoms with E-state index in [-0.39, 0.29) is 0 Å². The van der Waals surface area contributed by atoms with Crippen molar-refractivity contribution < 1.29 is 9.26 Å². The van der Waals surface area contributed by atoms with Gasteiger partial charge in [-0.05, 0) is 36.1 Å². The van der Waals surface area contributed by atoms with E-state index in [0.29, 0.717) is 29.6 Å². The second kappa shape index (κ2) is 4.76. The molecule has 4 rings (SSSR count). The van der Waals surface area contributed by atoms with Gasteiger partial charge in [0.15, 0.2) is 11.4 Å². The lowest BCUT2D eigenvalue weighted by molar-refractivity contribution is 0.418. The van der Waals surface area contributed by atoms with Crippen LogP contribution in [0.3, 0.4) is 0 Å². The normalized spacial score (nSPS) is 20.5. The van der Waals surface area contributed by atoms with Gasteiger partial charge in [-0.1, -0.05) is 12.1 Å². The number of methoxy groups -OCH3 is 1. The molecule has 0 radical (unpaired) electrons. The summed E-state index contributed by atoms with van der Waals surface area (Å²) in [7, 11) is 1.62. The number of hydrogen-bond donors (Lipinski definition) is 1. The van der Waals surface area contributed by atoms with Crippen molar-refractivity contribution in [3.05, 3.63) is 35.7 Å². The molecule has 0 saturated heterocycles. The molecule has 2 aromatic heterocycles. The maximum atomic E-state index is 5.82. The summed E-state index contributed by atoms with van der Waals surface area (Å²) in [5, 5.41) is 8.99. The molecule has 2 atom stereocenters. The zero-order valence-corrected chi connectivity index (χ0v) is 12.6. The molecule has 6 nitrogen and oxygen atoms in total. The van der Waals surface area contributed by atoms with Crippen LogP contribution in [0, 0.1) is 5.92 Å². The lowest BCUT2D eigenvalue weighted by atomic mass is 10.1. The van der Waals surface area contributed by atoms with E-state index in [1.807, 2.05) is 18.3 Å². The van der Waals surface area contributed by atoms with Crippen LogP contribution in [0.5, 0.6) is 5.75 Å². The molecule has 1 aromatic carbocycles. The predicted molar refractivity (Wildman–Crippen MR) is 82.8 cm³/mol. The maximum Gasteiger partial charge on any atom is 0.178 e. The standard InChI is InChI=1S/C16H18N4O2/c1-9-5-11(9)12-3-4-18-20(12)8-10-6-13(21-2)15-14(7-10)22-19-16(15)17/h3-4,6-7,9,11H,5,8H2,1-2H3,(H2,17,19)/t9?,11-/m0/s1. The topological polar surface area (TPSA) is 79.1 Å². The fourth-order valence-corrected chi connectivity index (χ4v) is 3.06. The SMILES string of the molecule is COc1cc(Cn2nccc2[C@H]2CC2C)cc2onc(N)c12. The number of nitrogens with zero attached hydrogens (tertiary/aromatic N) is 3. The zero-order valence-electron chi connectivity index (χ0n) is 12.6. The summed E-state index contributed by atoms with van der Waals surface area (Å²) in [6.45, 7) is 2.95. The fraction of sp³-hybridized carbons (Fsp3) is 0.375.